The first-order chi connectivity index (χ1) is 19.8. The molecule has 214 valence electrons. The maximum atomic E-state index is 13.9. The Bertz CT molecular complexity index is 1500. The van der Waals surface area contributed by atoms with Gasteiger partial charge in [-0.1, -0.05) is 43.4 Å². The van der Waals surface area contributed by atoms with E-state index in [9.17, 15) is 19.5 Å². The van der Waals surface area contributed by atoms with Crippen molar-refractivity contribution < 1.29 is 19.5 Å². The lowest BCUT2D eigenvalue weighted by atomic mass is 9.90. The predicted octanol–water partition coefficient (Wildman–Crippen LogP) is 6.60. The smallest absolute Gasteiger partial charge is 0.304 e. The van der Waals surface area contributed by atoms with Gasteiger partial charge in [0.1, 0.15) is 5.82 Å². The van der Waals surface area contributed by atoms with Gasteiger partial charge < -0.3 is 5.11 Å². The molecule has 3 heterocycles. The number of benzene rings is 1. The van der Waals surface area contributed by atoms with Crippen LogP contribution in [0.15, 0.2) is 35.8 Å². The molecule has 8 nitrogen and oxygen atoms in total. The molecule has 2 aliphatic carbocycles. The monoisotopic (exact) mass is 592 g/mol. The van der Waals surface area contributed by atoms with Crippen LogP contribution in [0.3, 0.4) is 0 Å². The highest BCUT2D eigenvalue weighted by molar-refractivity contribution is 7.14. The number of carboxylic acids is 1. The van der Waals surface area contributed by atoms with Gasteiger partial charge in [0.05, 0.1) is 12.1 Å². The largest absolute Gasteiger partial charge is 0.481 e. The Morgan fingerprint density at radius 1 is 1.15 bits per heavy atom. The lowest BCUT2D eigenvalue weighted by Crippen LogP contribution is -2.39. The van der Waals surface area contributed by atoms with Crippen molar-refractivity contribution in [2.45, 2.75) is 70.3 Å². The van der Waals surface area contributed by atoms with E-state index in [0.29, 0.717) is 46.8 Å². The average Bonchev–Trinajstić information content (AvgIpc) is 3.42. The van der Waals surface area contributed by atoms with Crippen molar-refractivity contribution in [3.63, 3.8) is 0 Å². The molecule has 3 aliphatic rings. The molecule has 0 radical (unpaired) electrons. The zero-order valence-electron chi connectivity index (χ0n) is 23.0. The van der Waals surface area contributed by atoms with Crippen LogP contribution in [0.5, 0.6) is 0 Å². The highest BCUT2D eigenvalue weighted by Crippen LogP contribution is 2.42. The van der Waals surface area contributed by atoms with Crippen LogP contribution in [0.1, 0.15) is 63.4 Å². The maximum Gasteiger partial charge on any atom is 0.304 e. The highest BCUT2D eigenvalue weighted by atomic mass is 35.5. The van der Waals surface area contributed by atoms with Crippen molar-refractivity contribution in [2.24, 2.45) is 11.8 Å². The molecule has 3 aromatic rings. The number of thiazole rings is 1. The number of carbonyl (C=O) groups excluding carboxylic acids is 2. The van der Waals surface area contributed by atoms with Gasteiger partial charge >= 0.3 is 5.97 Å². The van der Waals surface area contributed by atoms with Gasteiger partial charge in [-0.25, -0.2) is 9.97 Å². The third-order valence-corrected chi connectivity index (χ3v) is 9.60. The minimum atomic E-state index is -0.935. The molecule has 2 fully saturated rings. The maximum absolute atomic E-state index is 13.9. The van der Waals surface area contributed by atoms with E-state index < -0.39 is 11.9 Å². The molecule has 0 saturated heterocycles. The fourth-order valence-corrected chi connectivity index (χ4v) is 7.31. The standard InChI is InChI=1S/C31H33ClN4O4S/c1-35-27(37)11-6-19-13-21(16-33-29(19)35)24-10-7-22(32)15-25(24)26-17-41-31(34-26)36(23-8-9-23)30(40)20(14-28(38)39)12-18-4-2-3-5-18/h7,10,13,15-18,20,23H,2-6,8-9,11-12,14H2,1H3,(H,38,39). The summed E-state index contributed by atoms with van der Waals surface area (Å²) in [5.74, 6) is -0.446. The van der Waals surface area contributed by atoms with Crippen molar-refractivity contribution in [3.8, 4) is 22.4 Å². The van der Waals surface area contributed by atoms with E-state index in [1.807, 2.05) is 23.6 Å². The fraction of sp³-hybridized carbons (Fsp3) is 0.452. The average molecular weight is 593 g/mol. The van der Waals surface area contributed by atoms with Crippen molar-refractivity contribution in [2.75, 3.05) is 16.8 Å². The third-order valence-electron chi connectivity index (χ3n) is 8.52. The molecule has 2 aromatic heterocycles. The number of aromatic nitrogens is 2. The van der Waals surface area contributed by atoms with E-state index in [-0.39, 0.29) is 24.3 Å². The molecule has 0 spiro atoms. The number of hydrogen-bond acceptors (Lipinski definition) is 6. The van der Waals surface area contributed by atoms with Crippen LogP contribution in [0.2, 0.25) is 5.02 Å². The molecule has 1 aromatic carbocycles. The number of nitrogens with zero attached hydrogens (tertiary/aromatic N) is 4. The molecule has 2 saturated carbocycles. The quantitative estimate of drug-likeness (QED) is 0.300. The van der Waals surface area contributed by atoms with E-state index in [2.05, 4.69) is 11.1 Å². The summed E-state index contributed by atoms with van der Waals surface area (Å²) < 4.78 is 0. The van der Waals surface area contributed by atoms with E-state index >= 15 is 0 Å². The second-order valence-electron chi connectivity index (χ2n) is 11.5. The SMILES string of the molecule is CN1C(=O)CCc2cc(-c3ccc(Cl)cc3-c3csc(N(C(=O)C(CC(=O)O)CC4CCCC4)C4CC4)n3)cnc21. The highest BCUT2D eigenvalue weighted by Gasteiger charge is 2.40. The fourth-order valence-electron chi connectivity index (χ4n) is 6.23. The van der Waals surface area contributed by atoms with Crippen LogP contribution < -0.4 is 9.80 Å². The number of hydrogen-bond donors (Lipinski definition) is 1. The summed E-state index contributed by atoms with van der Waals surface area (Å²) in [6.45, 7) is 0. The van der Waals surface area contributed by atoms with Crippen molar-refractivity contribution >= 4 is 51.7 Å². The summed E-state index contributed by atoms with van der Waals surface area (Å²) in [4.78, 5) is 50.7. The molecule has 0 bridgehead atoms. The number of rotatable bonds is 9. The normalized spacial score (nSPS) is 17.9. The lowest BCUT2D eigenvalue weighted by Gasteiger charge is -2.26. The Morgan fingerprint density at radius 2 is 1.93 bits per heavy atom. The van der Waals surface area contributed by atoms with E-state index in [1.165, 1.54) is 11.3 Å². The molecule has 1 unspecified atom stereocenters. The first-order valence-corrected chi connectivity index (χ1v) is 15.6. The number of halogens is 1. The number of carbonyl (C=O) groups is 3. The van der Waals surface area contributed by atoms with Gasteiger partial charge in [-0.3, -0.25) is 24.2 Å². The van der Waals surface area contributed by atoms with Crippen LogP contribution in [-0.4, -0.2) is 45.9 Å². The molecule has 41 heavy (non-hydrogen) atoms. The number of anilines is 2. The second-order valence-corrected chi connectivity index (χ2v) is 12.8. The summed E-state index contributed by atoms with van der Waals surface area (Å²) >= 11 is 7.86. The minimum absolute atomic E-state index is 0.0588. The molecule has 10 heteroatoms. The zero-order valence-corrected chi connectivity index (χ0v) is 24.6. The van der Waals surface area contributed by atoms with Gasteiger partial charge in [0.2, 0.25) is 11.8 Å². The van der Waals surface area contributed by atoms with E-state index in [1.54, 1.807) is 23.0 Å². The van der Waals surface area contributed by atoms with E-state index in [4.69, 9.17) is 16.6 Å². The Kier molecular flexibility index (Phi) is 7.83. The first kappa shape index (κ1) is 27.8. The summed E-state index contributed by atoms with van der Waals surface area (Å²) in [6, 6.07) is 7.80. The number of carboxylic acid groups (broad SMARTS) is 1. The minimum Gasteiger partial charge on any atom is -0.481 e. The van der Waals surface area contributed by atoms with Crippen LogP contribution in [-0.2, 0) is 20.8 Å². The summed E-state index contributed by atoms with van der Waals surface area (Å²) in [7, 11) is 1.75. The lowest BCUT2D eigenvalue weighted by molar-refractivity contribution is -0.141. The molecule has 1 aliphatic heterocycles. The van der Waals surface area contributed by atoms with Crippen molar-refractivity contribution in [1.82, 2.24) is 9.97 Å². The Hall–Kier alpha value is -3.30. The van der Waals surface area contributed by atoms with Gasteiger partial charge in [-0.2, -0.15) is 0 Å². The van der Waals surface area contributed by atoms with Crippen LogP contribution >= 0.6 is 22.9 Å². The number of aliphatic carboxylic acids is 1. The zero-order chi connectivity index (χ0) is 28.7. The molecular weight excluding hydrogens is 560 g/mol. The molecule has 1 N–H and O–H groups in total. The van der Waals surface area contributed by atoms with Crippen molar-refractivity contribution in [3.05, 3.63) is 46.4 Å². The van der Waals surface area contributed by atoms with Gasteiger partial charge in [-0.15, -0.1) is 11.3 Å². The van der Waals surface area contributed by atoms with Crippen molar-refractivity contribution in [1.29, 1.82) is 0 Å². The summed E-state index contributed by atoms with van der Waals surface area (Å²) in [5, 5.41) is 12.7. The van der Waals surface area contributed by atoms with Crippen LogP contribution in [0, 0.1) is 11.8 Å². The van der Waals surface area contributed by atoms with Gasteiger partial charge in [-0.05, 0) is 60.9 Å². The summed E-state index contributed by atoms with van der Waals surface area (Å²) in [5.41, 5.74) is 4.37. The van der Waals surface area contributed by atoms with Gasteiger partial charge in [0.15, 0.2) is 5.13 Å². The van der Waals surface area contributed by atoms with Crippen LogP contribution in [0.25, 0.3) is 22.4 Å². The second kappa shape index (κ2) is 11.5. The molecule has 2 amide bonds. The number of aryl methyl sites for hydroxylation is 1. The number of amides is 2. The molecule has 1 atom stereocenters. The topological polar surface area (TPSA) is 104 Å². The van der Waals surface area contributed by atoms with Gasteiger partial charge in [0, 0.05) is 53.2 Å². The first-order valence-electron chi connectivity index (χ1n) is 14.3. The van der Waals surface area contributed by atoms with E-state index in [0.717, 1.165) is 60.8 Å². The Labute approximate surface area is 248 Å². The molecular formula is C31H33ClN4O4S. The predicted molar refractivity (Wildman–Crippen MR) is 160 cm³/mol. The molecule has 6 rings (SSSR count). The van der Waals surface area contributed by atoms with Crippen LogP contribution in [0.4, 0.5) is 10.9 Å². The van der Waals surface area contributed by atoms with Gasteiger partial charge in [0.25, 0.3) is 0 Å². The number of pyridine rings is 1. The summed E-state index contributed by atoms with van der Waals surface area (Å²) in [6.07, 6.45) is 9.55. The third kappa shape index (κ3) is 5.88. The Morgan fingerprint density at radius 3 is 2.66 bits per heavy atom. The Balaban J connectivity index is 1.32. The number of fused-ring (bicyclic) bond motifs is 1.